The average Bonchev–Trinajstić information content (AvgIpc) is 2.50. The fourth-order valence-electron chi connectivity index (χ4n) is 2.22. The third-order valence-electron chi connectivity index (χ3n) is 3.49. The lowest BCUT2D eigenvalue weighted by Gasteiger charge is -2.16. The minimum Gasteiger partial charge on any atom is -0.366 e. The number of rotatable bonds is 4. The third kappa shape index (κ3) is 3.63. The molecular formula is C17H19N3O2. The Kier molecular flexibility index (Phi) is 4.78. The van der Waals surface area contributed by atoms with Crippen LogP contribution in [0.1, 0.15) is 34.5 Å². The number of nitrogens with one attached hydrogen (secondary N) is 2. The molecule has 1 atom stereocenters. The van der Waals surface area contributed by atoms with Crippen LogP contribution in [0.15, 0.2) is 48.5 Å². The molecule has 22 heavy (non-hydrogen) atoms. The van der Waals surface area contributed by atoms with E-state index in [4.69, 9.17) is 5.73 Å². The molecule has 0 unspecified atom stereocenters. The van der Waals surface area contributed by atoms with E-state index in [0.29, 0.717) is 16.8 Å². The van der Waals surface area contributed by atoms with E-state index in [0.717, 1.165) is 5.56 Å². The number of carbonyl (C=O) groups is 2. The van der Waals surface area contributed by atoms with Crippen LogP contribution in [0, 0.1) is 6.92 Å². The molecule has 0 fully saturated rings. The van der Waals surface area contributed by atoms with Crippen LogP contribution < -0.4 is 16.4 Å². The lowest BCUT2D eigenvalue weighted by Crippen LogP contribution is -2.31. The molecule has 0 bridgehead atoms. The van der Waals surface area contributed by atoms with Crippen LogP contribution >= 0.6 is 0 Å². The second-order valence-electron chi connectivity index (χ2n) is 5.07. The number of nitrogens with two attached hydrogens (primary N) is 1. The maximum atomic E-state index is 12.1. The van der Waals surface area contributed by atoms with Gasteiger partial charge in [0.25, 0.3) is 0 Å². The van der Waals surface area contributed by atoms with Crippen molar-refractivity contribution in [1.82, 2.24) is 5.32 Å². The van der Waals surface area contributed by atoms with E-state index in [9.17, 15) is 9.59 Å². The molecule has 0 saturated heterocycles. The van der Waals surface area contributed by atoms with Crippen LogP contribution in [0.4, 0.5) is 10.5 Å². The Labute approximate surface area is 129 Å². The second kappa shape index (κ2) is 6.76. The smallest absolute Gasteiger partial charge is 0.319 e. The number of urea groups is 1. The predicted octanol–water partition coefficient (Wildman–Crippen LogP) is 2.98. The minimum absolute atomic E-state index is 0.124. The topological polar surface area (TPSA) is 84.2 Å². The van der Waals surface area contributed by atoms with Crippen molar-refractivity contribution in [1.29, 1.82) is 0 Å². The number of carbonyl (C=O) groups excluding carboxylic acids is 2. The molecule has 0 aromatic heterocycles. The molecule has 0 aliphatic rings. The van der Waals surface area contributed by atoms with Gasteiger partial charge in [0.15, 0.2) is 0 Å². The number of amides is 3. The van der Waals surface area contributed by atoms with Crippen molar-refractivity contribution in [2.24, 2.45) is 5.73 Å². The van der Waals surface area contributed by atoms with Gasteiger partial charge in [0.05, 0.1) is 6.04 Å². The van der Waals surface area contributed by atoms with Gasteiger partial charge in [-0.3, -0.25) is 4.79 Å². The zero-order chi connectivity index (χ0) is 16.1. The monoisotopic (exact) mass is 297 g/mol. The Hall–Kier alpha value is -2.82. The highest BCUT2D eigenvalue weighted by Gasteiger charge is 2.12. The highest BCUT2D eigenvalue weighted by atomic mass is 16.2. The fourth-order valence-corrected chi connectivity index (χ4v) is 2.22. The number of hydrogen-bond donors (Lipinski definition) is 3. The van der Waals surface area contributed by atoms with Crippen molar-refractivity contribution in [3.8, 4) is 0 Å². The van der Waals surface area contributed by atoms with Crippen LogP contribution in [0.25, 0.3) is 0 Å². The molecule has 0 aliphatic carbocycles. The van der Waals surface area contributed by atoms with Gasteiger partial charge in [-0.25, -0.2) is 4.79 Å². The first-order valence-corrected chi connectivity index (χ1v) is 7.01. The highest BCUT2D eigenvalue weighted by Crippen LogP contribution is 2.19. The molecule has 3 amide bonds. The summed E-state index contributed by atoms with van der Waals surface area (Å²) in [6, 6.07) is 14.3. The third-order valence-corrected chi connectivity index (χ3v) is 3.49. The molecule has 4 N–H and O–H groups in total. The van der Waals surface area contributed by atoms with Crippen molar-refractivity contribution < 1.29 is 9.59 Å². The molecule has 5 heteroatoms. The SMILES string of the molecule is Cc1c(NC(=O)N[C@H](C)c2ccccc2)cccc1C(N)=O. The molecule has 0 aliphatic heterocycles. The molecule has 0 heterocycles. The molecule has 5 nitrogen and oxygen atoms in total. The van der Waals surface area contributed by atoms with Gasteiger partial charge < -0.3 is 16.4 Å². The van der Waals surface area contributed by atoms with Crippen molar-refractivity contribution >= 4 is 17.6 Å². The first kappa shape index (κ1) is 15.6. The normalized spacial score (nSPS) is 11.5. The molecule has 2 aromatic rings. The zero-order valence-corrected chi connectivity index (χ0v) is 12.6. The van der Waals surface area contributed by atoms with Gasteiger partial charge in [0, 0.05) is 11.3 Å². The lowest BCUT2D eigenvalue weighted by atomic mass is 10.1. The summed E-state index contributed by atoms with van der Waals surface area (Å²) in [5.41, 5.74) is 7.93. The van der Waals surface area contributed by atoms with Crippen molar-refractivity contribution in [3.05, 3.63) is 65.2 Å². The summed E-state index contributed by atoms with van der Waals surface area (Å²) in [6.07, 6.45) is 0. The molecule has 0 saturated carbocycles. The van der Waals surface area contributed by atoms with E-state index in [-0.39, 0.29) is 12.1 Å². The first-order chi connectivity index (χ1) is 10.5. The zero-order valence-electron chi connectivity index (χ0n) is 12.6. The maximum Gasteiger partial charge on any atom is 0.319 e. The van der Waals surface area contributed by atoms with Gasteiger partial charge in [-0.05, 0) is 37.1 Å². The summed E-state index contributed by atoms with van der Waals surface area (Å²) >= 11 is 0. The van der Waals surface area contributed by atoms with Crippen LogP contribution in [-0.2, 0) is 0 Å². The van der Waals surface area contributed by atoms with Gasteiger partial charge in [0.2, 0.25) is 5.91 Å². The predicted molar refractivity (Wildman–Crippen MR) is 86.7 cm³/mol. The van der Waals surface area contributed by atoms with Crippen LogP contribution in [0.5, 0.6) is 0 Å². The van der Waals surface area contributed by atoms with Crippen molar-refractivity contribution in [2.45, 2.75) is 19.9 Å². The number of primary amides is 1. The van der Waals surface area contributed by atoms with Crippen LogP contribution in [0.3, 0.4) is 0 Å². The van der Waals surface area contributed by atoms with E-state index in [2.05, 4.69) is 10.6 Å². The molecule has 114 valence electrons. The molecule has 2 aromatic carbocycles. The minimum atomic E-state index is -0.515. The summed E-state index contributed by atoms with van der Waals surface area (Å²) in [5, 5.41) is 5.60. The van der Waals surface area contributed by atoms with Crippen molar-refractivity contribution in [3.63, 3.8) is 0 Å². The van der Waals surface area contributed by atoms with Gasteiger partial charge in [-0.2, -0.15) is 0 Å². The number of benzene rings is 2. The van der Waals surface area contributed by atoms with E-state index >= 15 is 0 Å². The molecule has 0 radical (unpaired) electrons. The Bertz CT molecular complexity index is 684. The summed E-state index contributed by atoms with van der Waals surface area (Å²) in [4.78, 5) is 23.4. The number of hydrogen-bond acceptors (Lipinski definition) is 2. The van der Waals surface area contributed by atoms with Gasteiger partial charge in [-0.15, -0.1) is 0 Å². The first-order valence-electron chi connectivity index (χ1n) is 7.01. The van der Waals surface area contributed by atoms with E-state index in [1.54, 1.807) is 25.1 Å². The molecular weight excluding hydrogens is 278 g/mol. The summed E-state index contributed by atoms with van der Waals surface area (Å²) in [6.45, 7) is 3.65. The maximum absolute atomic E-state index is 12.1. The van der Waals surface area contributed by atoms with E-state index in [1.165, 1.54) is 0 Å². The fraction of sp³-hybridized carbons (Fsp3) is 0.176. The van der Waals surface area contributed by atoms with E-state index in [1.807, 2.05) is 37.3 Å². The highest BCUT2D eigenvalue weighted by molar-refractivity contribution is 5.98. The summed E-state index contributed by atoms with van der Waals surface area (Å²) < 4.78 is 0. The quantitative estimate of drug-likeness (QED) is 0.810. The largest absolute Gasteiger partial charge is 0.366 e. The number of anilines is 1. The van der Waals surface area contributed by atoms with Gasteiger partial charge in [-0.1, -0.05) is 36.4 Å². The van der Waals surface area contributed by atoms with Crippen molar-refractivity contribution in [2.75, 3.05) is 5.32 Å². The Balaban J connectivity index is 2.07. The Morgan fingerprint density at radius 1 is 1.05 bits per heavy atom. The van der Waals surface area contributed by atoms with Crippen LogP contribution in [0.2, 0.25) is 0 Å². The second-order valence-corrected chi connectivity index (χ2v) is 5.07. The van der Waals surface area contributed by atoms with E-state index < -0.39 is 5.91 Å². The summed E-state index contributed by atoms with van der Waals surface area (Å²) in [7, 11) is 0. The van der Waals surface area contributed by atoms with Gasteiger partial charge >= 0.3 is 6.03 Å². The van der Waals surface area contributed by atoms with Crippen LogP contribution in [-0.4, -0.2) is 11.9 Å². The average molecular weight is 297 g/mol. The summed E-state index contributed by atoms with van der Waals surface area (Å²) in [5.74, 6) is -0.515. The lowest BCUT2D eigenvalue weighted by molar-refractivity contribution is 0.0999. The standard InChI is InChI=1S/C17H19N3O2/c1-11-14(16(18)21)9-6-10-15(11)20-17(22)19-12(2)13-7-4-3-5-8-13/h3-10,12H,1-2H3,(H2,18,21)(H2,19,20,22)/t12-/m1/s1. The molecule has 0 spiro atoms. The van der Waals surface area contributed by atoms with Gasteiger partial charge in [0.1, 0.15) is 0 Å². The Morgan fingerprint density at radius 3 is 2.36 bits per heavy atom. The Morgan fingerprint density at radius 2 is 1.73 bits per heavy atom. The molecule has 2 rings (SSSR count).